The Hall–Kier alpha value is -0.820. The molecule has 0 saturated carbocycles. The highest BCUT2D eigenvalue weighted by Crippen LogP contribution is 2.16. The molecule has 63 valence electrons. The fraction of sp³-hybridized carbons (Fsp3) is 0.455. The van der Waals surface area contributed by atoms with E-state index in [0.29, 0.717) is 0 Å². The molecule has 0 amide bonds. The normalized spacial score (nSPS) is 18.4. The lowest BCUT2D eigenvalue weighted by Crippen LogP contribution is -2.16. The van der Waals surface area contributed by atoms with E-state index >= 15 is 0 Å². The SMILES string of the molecule is CN1CCCc2cc[c]cc2C1. The van der Waals surface area contributed by atoms with E-state index < -0.39 is 0 Å². The van der Waals surface area contributed by atoms with E-state index in [9.17, 15) is 0 Å². The zero-order valence-corrected chi connectivity index (χ0v) is 7.51. The summed E-state index contributed by atoms with van der Waals surface area (Å²) >= 11 is 0. The zero-order chi connectivity index (χ0) is 8.39. The molecule has 0 fully saturated rings. The Kier molecular flexibility index (Phi) is 2.13. The van der Waals surface area contributed by atoms with E-state index in [1.54, 1.807) is 0 Å². The summed E-state index contributed by atoms with van der Waals surface area (Å²) in [6, 6.07) is 9.49. The minimum atomic E-state index is 1.09. The minimum Gasteiger partial charge on any atom is -0.302 e. The molecule has 0 unspecified atom stereocenters. The van der Waals surface area contributed by atoms with Gasteiger partial charge in [0.2, 0.25) is 0 Å². The molecule has 0 bridgehead atoms. The summed E-state index contributed by atoms with van der Waals surface area (Å²) in [6.07, 6.45) is 2.52. The van der Waals surface area contributed by atoms with Crippen molar-refractivity contribution in [3.63, 3.8) is 0 Å². The molecule has 1 aliphatic rings. The Labute approximate surface area is 74.0 Å². The third-order valence-electron chi connectivity index (χ3n) is 2.48. The van der Waals surface area contributed by atoms with Crippen molar-refractivity contribution < 1.29 is 0 Å². The molecule has 0 N–H and O–H groups in total. The second-order valence-corrected chi connectivity index (χ2v) is 3.54. The first-order chi connectivity index (χ1) is 5.86. The molecule has 2 rings (SSSR count). The molecule has 0 atom stereocenters. The van der Waals surface area contributed by atoms with Gasteiger partial charge in [-0.05, 0) is 49.7 Å². The van der Waals surface area contributed by atoms with Crippen LogP contribution in [0.25, 0.3) is 0 Å². The summed E-state index contributed by atoms with van der Waals surface area (Å²) in [4.78, 5) is 2.37. The average Bonchev–Trinajstić information content (AvgIpc) is 2.25. The molecule has 1 aromatic carbocycles. The van der Waals surface area contributed by atoms with Crippen LogP contribution < -0.4 is 0 Å². The largest absolute Gasteiger partial charge is 0.302 e. The van der Waals surface area contributed by atoms with Crippen LogP contribution in [0.4, 0.5) is 0 Å². The predicted molar refractivity (Wildman–Crippen MR) is 49.9 cm³/mol. The van der Waals surface area contributed by atoms with Crippen molar-refractivity contribution in [3.05, 3.63) is 35.4 Å². The van der Waals surface area contributed by atoms with Crippen molar-refractivity contribution in [2.45, 2.75) is 19.4 Å². The number of rotatable bonds is 0. The maximum absolute atomic E-state index is 3.14. The summed E-state index contributed by atoms with van der Waals surface area (Å²) in [5, 5.41) is 0. The maximum atomic E-state index is 3.14. The van der Waals surface area contributed by atoms with Crippen LogP contribution >= 0.6 is 0 Å². The third-order valence-corrected chi connectivity index (χ3v) is 2.48. The van der Waals surface area contributed by atoms with Crippen LogP contribution in [0.2, 0.25) is 0 Å². The van der Waals surface area contributed by atoms with E-state index in [1.807, 2.05) is 6.07 Å². The van der Waals surface area contributed by atoms with Gasteiger partial charge >= 0.3 is 0 Å². The summed E-state index contributed by atoms with van der Waals surface area (Å²) in [5.41, 5.74) is 2.97. The maximum Gasteiger partial charge on any atom is 0.0233 e. The topological polar surface area (TPSA) is 3.24 Å². The van der Waals surface area contributed by atoms with Gasteiger partial charge in [-0.25, -0.2) is 0 Å². The van der Waals surface area contributed by atoms with Crippen LogP contribution in [0, 0.1) is 6.07 Å². The monoisotopic (exact) mass is 160 g/mol. The van der Waals surface area contributed by atoms with Crippen molar-refractivity contribution in [1.29, 1.82) is 0 Å². The highest BCUT2D eigenvalue weighted by molar-refractivity contribution is 5.27. The van der Waals surface area contributed by atoms with Crippen molar-refractivity contribution in [3.8, 4) is 0 Å². The van der Waals surface area contributed by atoms with E-state index in [4.69, 9.17) is 0 Å². The lowest BCUT2D eigenvalue weighted by atomic mass is 10.0. The summed E-state index contributed by atoms with van der Waals surface area (Å²) in [6.45, 7) is 2.31. The first kappa shape index (κ1) is 7.81. The third kappa shape index (κ3) is 1.51. The summed E-state index contributed by atoms with van der Waals surface area (Å²) < 4.78 is 0. The highest BCUT2D eigenvalue weighted by atomic mass is 15.1. The van der Waals surface area contributed by atoms with Gasteiger partial charge < -0.3 is 4.90 Å². The molecule has 0 aliphatic carbocycles. The number of benzene rings is 1. The Bertz CT molecular complexity index is 267. The molecule has 1 radical (unpaired) electrons. The second kappa shape index (κ2) is 3.28. The molecule has 1 heteroatoms. The fourth-order valence-corrected chi connectivity index (χ4v) is 1.80. The van der Waals surface area contributed by atoms with Crippen LogP contribution in [0.3, 0.4) is 0 Å². The standard InChI is InChI=1S/C11H14N/c1-12-8-4-7-10-5-2-3-6-11(10)9-12/h2,5-6H,4,7-9H2,1H3. The molecule has 12 heavy (non-hydrogen) atoms. The molecule has 1 aromatic rings. The quantitative estimate of drug-likeness (QED) is 0.560. The van der Waals surface area contributed by atoms with Gasteiger partial charge in [-0.15, -0.1) is 0 Å². The van der Waals surface area contributed by atoms with Crippen molar-refractivity contribution in [1.82, 2.24) is 4.90 Å². The number of aryl methyl sites for hydroxylation is 1. The average molecular weight is 160 g/mol. The number of nitrogens with zero attached hydrogens (tertiary/aromatic N) is 1. The fourth-order valence-electron chi connectivity index (χ4n) is 1.80. The molecular formula is C11H14N. The van der Waals surface area contributed by atoms with Crippen LogP contribution in [0.5, 0.6) is 0 Å². The van der Waals surface area contributed by atoms with Gasteiger partial charge in [-0.3, -0.25) is 0 Å². The summed E-state index contributed by atoms with van der Waals surface area (Å²) in [7, 11) is 2.18. The first-order valence-corrected chi connectivity index (χ1v) is 4.52. The number of fused-ring (bicyclic) bond motifs is 1. The van der Waals surface area contributed by atoms with Gasteiger partial charge in [0.1, 0.15) is 0 Å². The molecule has 0 aromatic heterocycles. The van der Waals surface area contributed by atoms with Crippen LogP contribution in [-0.4, -0.2) is 18.5 Å². The van der Waals surface area contributed by atoms with Crippen molar-refractivity contribution in [2.24, 2.45) is 0 Å². The van der Waals surface area contributed by atoms with Gasteiger partial charge in [-0.2, -0.15) is 0 Å². The van der Waals surface area contributed by atoms with Crippen molar-refractivity contribution in [2.75, 3.05) is 13.6 Å². The smallest absolute Gasteiger partial charge is 0.0233 e. The second-order valence-electron chi connectivity index (χ2n) is 3.54. The summed E-state index contributed by atoms with van der Waals surface area (Å²) in [5.74, 6) is 0. The van der Waals surface area contributed by atoms with Gasteiger partial charge in [0.25, 0.3) is 0 Å². The zero-order valence-electron chi connectivity index (χ0n) is 7.51. The van der Waals surface area contributed by atoms with Crippen LogP contribution in [0.1, 0.15) is 17.5 Å². The van der Waals surface area contributed by atoms with E-state index in [0.717, 1.165) is 6.54 Å². The number of hydrogen-bond donors (Lipinski definition) is 0. The Morgan fingerprint density at radius 1 is 1.42 bits per heavy atom. The Morgan fingerprint density at radius 2 is 2.33 bits per heavy atom. The van der Waals surface area contributed by atoms with Gasteiger partial charge in [0, 0.05) is 6.54 Å². The minimum absolute atomic E-state index is 1.09. The van der Waals surface area contributed by atoms with E-state index in [2.05, 4.69) is 30.1 Å². The molecule has 1 aliphatic heterocycles. The van der Waals surface area contributed by atoms with Crippen molar-refractivity contribution >= 4 is 0 Å². The van der Waals surface area contributed by atoms with E-state index in [-0.39, 0.29) is 0 Å². The molecule has 0 saturated heterocycles. The van der Waals surface area contributed by atoms with Gasteiger partial charge in [0.05, 0.1) is 0 Å². The Balaban J connectivity index is 2.31. The molecule has 1 nitrogen and oxygen atoms in total. The van der Waals surface area contributed by atoms with Crippen LogP contribution in [-0.2, 0) is 13.0 Å². The van der Waals surface area contributed by atoms with Crippen LogP contribution in [0.15, 0.2) is 18.2 Å². The number of hydrogen-bond acceptors (Lipinski definition) is 1. The highest BCUT2D eigenvalue weighted by Gasteiger charge is 2.09. The molecular weight excluding hydrogens is 146 g/mol. The van der Waals surface area contributed by atoms with Gasteiger partial charge in [-0.1, -0.05) is 12.1 Å². The lowest BCUT2D eigenvalue weighted by Gasteiger charge is -2.12. The first-order valence-electron chi connectivity index (χ1n) is 4.52. The molecule has 0 spiro atoms. The molecule has 1 heterocycles. The Morgan fingerprint density at radius 3 is 3.25 bits per heavy atom. The predicted octanol–water partition coefficient (Wildman–Crippen LogP) is 1.86. The lowest BCUT2D eigenvalue weighted by molar-refractivity contribution is 0.332. The van der Waals surface area contributed by atoms with E-state index in [1.165, 1.54) is 30.5 Å². The van der Waals surface area contributed by atoms with Gasteiger partial charge in [0.15, 0.2) is 0 Å².